The molecule has 0 fully saturated rings. The van der Waals surface area contributed by atoms with E-state index in [2.05, 4.69) is 152 Å². The molecule has 4 nitrogen and oxygen atoms in total. The molecule has 0 spiro atoms. The van der Waals surface area contributed by atoms with E-state index in [0.717, 1.165) is 55.3 Å². The molecule has 0 saturated carbocycles. The van der Waals surface area contributed by atoms with Gasteiger partial charge in [0, 0.05) is 33.0 Å². The van der Waals surface area contributed by atoms with Crippen molar-refractivity contribution in [1.29, 1.82) is 0 Å². The molecule has 0 amide bonds. The van der Waals surface area contributed by atoms with Gasteiger partial charge < -0.3 is 4.42 Å². The first-order valence-corrected chi connectivity index (χ1v) is 19.2. The largest absolute Gasteiger partial charge is 0.455 e. The summed E-state index contributed by atoms with van der Waals surface area (Å²) in [6.45, 7) is 0. The normalized spacial score (nSPS) is 12.6. The average Bonchev–Trinajstić information content (AvgIpc) is 3.84. The Kier molecular flexibility index (Phi) is 7.78. The second-order valence-corrected chi connectivity index (χ2v) is 14.3. The van der Waals surface area contributed by atoms with Crippen LogP contribution in [0.15, 0.2) is 199 Å². The molecule has 2 aromatic heterocycles. The van der Waals surface area contributed by atoms with Gasteiger partial charge in [-0.05, 0) is 62.2 Å². The summed E-state index contributed by atoms with van der Waals surface area (Å²) >= 11 is 0. The summed E-state index contributed by atoms with van der Waals surface area (Å²) in [5.41, 5.74) is 16.2. The van der Waals surface area contributed by atoms with Crippen molar-refractivity contribution in [3.63, 3.8) is 0 Å². The van der Waals surface area contributed by atoms with Crippen LogP contribution in [0.5, 0.6) is 0 Å². The Balaban J connectivity index is 1.07. The lowest BCUT2D eigenvalue weighted by Gasteiger charge is -2.10. The zero-order valence-electron chi connectivity index (χ0n) is 30.8. The zero-order valence-corrected chi connectivity index (χ0v) is 30.8. The van der Waals surface area contributed by atoms with E-state index in [1.54, 1.807) is 0 Å². The van der Waals surface area contributed by atoms with Gasteiger partial charge in [-0.3, -0.25) is 0 Å². The van der Waals surface area contributed by atoms with Crippen LogP contribution in [0, 0.1) is 0 Å². The van der Waals surface area contributed by atoms with Gasteiger partial charge in [0.1, 0.15) is 11.2 Å². The minimum absolute atomic E-state index is 0.593. The van der Waals surface area contributed by atoms with E-state index < -0.39 is 0 Å². The van der Waals surface area contributed by atoms with E-state index in [1.807, 2.05) is 48.5 Å². The smallest absolute Gasteiger partial charge is 0.164 e. The van der Waals surface area contributed by atoms with E-state index in [9.17, 15) is 0 Å². The molecule has 57 heavy (non-hydrogen) atoms. The summed E-state index contributed by atoms with van der Waals surface area (Å²) in [5.74, 6) is 1.82. The van der Waals surface area contributed by atoms with Crippen molar-refractivity contribution >= 4 is 33.6 Å². The van der Waals surface area contributed by atoms with E-state index in [-0.39, 0.29) is 0 Å². The highest BCUT2D eigenvalue weighted by molar-refractivity contribution is 6.16. The molecule has 4 heteroatoms. The Bertz CT molecular complexity index is 3150. The molecular formula is C53H33N3O. The minimum atomic E-state index is 0.593. The van der Waals surface area contributed by atoms with Gasteiger partial charge in [0.25, 0.3) is 0 Å². The first-order valence-electron chi connectivity index (χ1n) is 19.2. The molecule has 0 radical (unpaired) electrons. The quantitative estimate of drug-likeness (QED) is 0.171. The molecule has 0 N–H and O–H groups in total. The Morgan fingerprint density at radius 2 is 0.860 bits per heavy atom. The van der Waals surface area contributed by atoms with Crippen LogP contribution < -0.4 is 0 Å². The number of nitrogens with zero attached hydrogens (tertiary/aromatic N) is 3. The van der Waals surface area contributed by atoms with Crippen molar-refractivity contribution in [3.05, 3.63) is 211 Å². The van der Waals surface area contributed by atoms with Gasteiger partial charge >= 0.3 is 0 Å². The summed E-state index contributed by atoms with van der Waals surface area (Å²) in [7, 11) is 0. The molecule has 1 aliphatic carbocycles. The maximum absolute atomic E-state index is 6.79. The molecule has 0 atom stereocenters. The number of furan rings is 1. The van der Waals surface area contributed by atoms with Crippen molar-refractivity contribution < 1.29 is 4.42 Å². The molecule has 1 aliphatic rings. The predicted molar refractivity (Wildman–Crippen MR) is 233 cm³/mol. The van der Waals surface area contributed by atoms with Crippen LogP contribution in [-0.4, -0.2) is 15.0 Å². The van der Waals surface area contributed by atoms with E-state index >= 15 is 0 Å². The molecule has 10 aromatic rings. The van der Waals surface area contributed by atoms with Crippen molar-refractivity contribution in [3.8, 4) is 67.5 Å². The first-order chi connectivity index (χ1) is 28.3. The van der Waals surface area contributed by atoms with E-state index in [0.29, 0.717) is 17.5 Å². The molecule has 11 rings (SSSR count). The minimum Gasteiger partial charge on any atom is -0.455 e. The van der Waals surface area contributed by atoms with Gasteiger partial charge in [0.05, 0.1) is 0 Å². The summed E-state index contributed by atoms with van der Waals surface area (Å²) in [6.07, 6.45) is 2.29. The SMILES string of the molecule is C(=C1/c2ccccc2-c2c1cccc2-c1ccccc1)/c1cccc2c1oc1cccc(-c3nc(-c4ccccc4)nc(-c4ccc(-c5ccccc5)cc4)n3)c12. The molecule has 0 aliphatic heterocycles. The molecule has 0 saturated heterocycles. The van der Waals surface area contributed by atoms with Gasteiger partial charge in [-0.25, -0.2) is 15.0 Å². The Morgan fingerprint density at radius 1 is 0.351 bits per heavy atom. The number of benzene rings is 8. The number of fused-ring (bicyclic) bond motifs is 6. The maximum atomic E-state index is 6.79. The topological polar surface area (TPSA) is 51.8 Å². The third kappa shape index (κ3) is 5.66. The zero-order chi connectivity index (χ0) is 37.7. The first kappa shape index (κ1) is 32.7. The molecule has 266 valence electrons. The highest BCUT2D eigenvalue weighted by atomic mass is 16.3. The third-order valence-corrected chi connectivity index (χ3v) is 10.9. The summed E-state index contributed by atoms with van der Waals surface area (Å²) in [5, 5.41) is 1.98. The molecule has 2 heterocycles. The van der Waals surface area contributed by atoms with Gasteiger partial charge in [-0.2, -0.15) is 0 Å². The highest BCUT2D eigenvalue weighted by Gasteiger charge is 2.27. The predicted octanol–water partition coefficient (Wildman–Crippen LogP) is 13.7. The second-order valence-electron chi connectivity index (χ2n) is 14.3. The lowest BCUT2D eigenvalue weighted by molar-refractivity contribution is 0.668. The highest BCUT2D eigenvalue weighted by Crippen LogP contribution is 2.50. The standard InChI is InChI=1S/C53H33N3O/c1-4-15-34(16-5-1)35-29-31-38(32-30-35)52-54-51(37-19-8-3-9-20-37)55-53(56-52)45-27-14-28-47-49(45)44-26-12-21-39(50(44)57-47)33-46-41-22-10-11-23-42(41)48-40(24-13-25-43(46)48)36-17-6-2-7-18-36/h1-33H/b46-33+. The van der Waals surface area contributed by atoms with Crippen LogP contribution in [0.4, 0.5) is 0 Å². The summed E-state index contributed by atoms with van der Waals surface area (Å²) < 4.78 is 6.79. The van der Waals surface area contributed by atoms with Crippen molar-refractivity contribution in [2.75, 3.05) is 0 Å². The Hall–Kier alpha value is -7.69. The van der Waals surface area contributed by atoms with Crippen molar-refractivity contribution in [2.24, 2.45) is 0 Å². The van der Waals surface area contributed by atoms with Crippen LogP contribution in [0.1, 0.15) is 16.7 Å². The number of rotatable bonds is 6. The van der Waals surface area contributed by atoms with Crippen LogP contribution in [0.2, 0.25) is 0 Å². The maximum Gasteiger partial charge on any atom is 0.164 e. The fourth-order valence-corrected chi connectivity index (χ4v) is 8.27. The van der Waals surface area contributed by atoms with Gasteiger partial charge in [0.2, 0.25) is 0 Å². The monoisotopic (exact) mass is 727 g/mol. The number of hydrogen-bond acceptors (Lipinski definition) is 4. The lowest BCUT2D eigenvalue weighted by Crippen LogP contribution is -2.00. The molecular weight excluding hydrogens is 695 g/mol. The van der Waals surface area contributed by atoms with Crippen LogP contribution in [0.3, 0.4) is 0 Å². The second kappa shape index (κ2) is 13.6. The third-order valence-electron chi connectivity index (χ3n) is 10.9. The number of para-hydroxylation sites is 1. The molecule has 0 unspecified atom stereocenters. The molecule has 8 aromatic carbocycles. The summed E-state index contributed by atoms with van der Waals surface area (Å²) in [4.78, 5) is 15.3. The molecule has 0 bridgehead atoms. The van der Waals surface area contributed by atoms with E-state index in [1.165, 1.54) is 39.0 Å². The lowest BCUT2D eigenvalue weighted by atomic mass is 9.94. The fourth-order valence-electron chi connectivity index (χ4n) is 8.27. The average molecular weight is 728 g/mol. The fraction of sp³-hybridized carbons (Fsp3) is 0. The number of hydrogen-bond donors (Lipinski definition) is 0. The van der Waals surface area contributed by atoms with Crippen LogP contribution in [-0.2, 0) is 0 Å². The van der Waals surface area contributed by atoms with Crippen LogP contribution in [0.25, 0.3) is 101 Å². The van der Waals surface area contributed by atoms with Gasteiger partial charge in [0.15, 0.2) is 17.5 Å². The number of aromatic nitrogens is 3. The Labute approximate surface area is 330 Å². The van der Waals surface area contributed by atoms with Gasteiger partial charge in [-0.15, -0.1) is 0 Å². The van der Waals surface area contributed by atoms with Crippen molar-refractivity contribution in [1.82, 2.24) is 15.0 Å². The Morgan fingerprint density at radius 3 is 1.60 bits per heavy atom. The van der Waals surface area contributed by atoms with Gasteiger partial charge in [-0.1, -0.05) is 188 Å². The van der Waals surface area contributed by atoms with E-state index in [4.69, 9.17) is 19.4 Å². The van der Waals surface area contributed by atoms with Crippen molar-refractivity contribution in [2.45, 2.75) is 0 Å². The summed E-state index contributed by atoms with van der Waals surface area (Å²) in [6, 6.07) is 67.5. The van der Waals surface area contributed by atoms with Crippen LogP contribution >= 0.6 is 0 Å².